The maximum absolute atomic E-state index is 6.06. The molecule has 2 heterocycles. The zero-order valence-electron chi connectivity index (χ0n) is 12.1. The number of likely N-dealkylation sites (tertiary alicyclic amines) is 1. The van der Waals surface area contributed by atoms with E-state index in [4.69, 9.17) is 11.6 Å². The van der Waals surface area contributed by atoms with Crippen molar-refractivity contribution < 1.29 is 0 Å². The highest BCUT2D eigenvalue weighted by atomic mass is 35.5. The second-order valence-corrected chi connectivity index (χ2v) is 5.65. The van der Waals surface area contributed by atoms with Gasteiger partial charge >= 0.3 is 0 Å². The molecule has 0 spiro atoms. The lowest BCUT2D eigenvalue weighted by molar-refractivity contribution is 0.235. The van der Waals surface area contributed by atoms with Crippen LogP contribution in [0.1, 0.15) is 19.8 Å². The van der Waals surface area contributed by atoms with E-state index in [1.165, 1.54) is 11.9 Å². The number of piperidine rings is 1. The lowest BCUT2D eigenvalue weighted by Crippen LogP contribution is -2.39. The summed E-state index contributed by atoms with van der Waals surface area (Å²) in [5.74, 6) is 0.783. The summed E-state index contributed by atoms with van der Waals surface area (Å²) in [6, 6.07) is 0.425. The van der Waals surface area contributed by atoms with Gasteiger partial charge in [-0.25, -0.2) is 9.97 Å². The van der Waals surface area contributed by atoms with Crippen molar-refractivity contribution in [2.45, 2.75) is 25.8 Å². The molecule has 0 saturated carbocycles. The number of aromatic nitrogens is 2. The van der Waals surface area contributed by atoms with Crippen molar-refractivity contribution in [3.05, 3.63) is 23.6 Å². The Morgan fingerprint density at radius 1 is 1.45 bits per heavy atom. The molecule has 0 aromatic carbocycles. The van der Waals surface area contributed by atoms with E-state index in [0.717, 1.165) is 44.0 Å². The molecule has 1 saturated heterocycles. The van der Waals surface area contributed by atoms with E-state index in [-0.39, 0.29) is 0 Å². The molecule has 1 fully saturated rings. The Labute approximate surface area is 125 Å². The molecule has 20 heavy (non-hydrogen) atoms. The second-order valence-electron chi connectivity index (χ2n) is 5.29. The number of hydrogen-bond donors (Lipinski definition) is 2. The molecule has 0 radical (unpaired) electrons. The maximum Gasteiger partial charge on any atom is 0.157 e. The Hall–Kier alpha value is -1.33. The fraction of sp³-hybridized carbons (Fsp3) is 0.571. The van der Waals surface area contributed by atoms with E-state index < -0.39 is 0 Å². The summed E-state index contributed by atoms with van der Waals surface area (Å²) in [5.41, 5.74) is 1.98. The molecule has 0 bridgehead atoms. The maximum atomic E-state index is 6.06. The van der Waals surface area contributed by atoms with Crippen molar-refractivity contribution in [3.63, 3.8) is 0 Å². The Balaban J connectivity index is 1.93. The first-order valence-electron chi connectivity index (χ1n) is 6.91. The van der Waals surface area contributed by atoms with Gasteiger partial charge in [-0.2, -0.15) is 0 Å². The Morgan fingerprint density at radius 3 is 2.75 bits per heavy atom. The normalized spacial score (nSPS) is 16.9. The van der Waals surface area contributed by atoms with Crippen LogP contribution in [0.4, 0.5) is 11.5 Å². The molecule has 1 aromatic heterocycles. The largest absolute Gasteiger partial charge is 0.383 e. The highest BCUT2D eigenvalue weighted by Crippen LogP contribution is 2.27. The van der Waals surface area contributed by atoms with Crippen LogP contribution >= 0.6 is 11.6 Å². The van der Waals surface area contributed by atoms with Gasteiger partial charge in [-0.15, -0.1) is 0 Å². The first-order valence-corrected chi connectivity index (χ1v) is 7.29. The predicted molar refractivity (Wildman–Crippen MR) is 84.5 cm³/mol. The minimum Gasteiger partial charge on any atom is -0.383 e. The fourth-order valence-corrected chi connectivity index (χ4v) is 2.73. The summed E-state index contributed by atoms with van der Waals surface area (Å²) in [5, 5.41) is 6.96. The van der Waals surface area contributed by atoms with Crippen LogP contribution < -0.4 is 10.6 Å². The average molecular weight is 296 g/mol. The van der Waals surface area contributed by atoms with Crippen LogP contribution in [0.15, 0.2) is 18.5 Å². The molecule has 1 aliphatic heterocycles. The number of anilines is 2. The van der Waals surface area contributed by atoms with Crippen molar-refractivity contribution >= 4 is 23.1 Å². The molecule has 1 aromatic rings. The molecule has 5 nitrogen and oxygen atoms in total. The number of nitrogens with one attached hydrogen (secondary N) is 2. The van der Waals surface area contributed by atoms with E-state index in [1.54, 1.807) is 0 Å². The van der Waals surface area contributed by atoms with Gasteiger partial charge in [-0.05, 0) is 19.8 Å². The van der Waals surface area contributed by atoms with E-state index in [1.807, 2.05) is 7.05 Å². The van der Waals surface area contributed by atoms with E-state index in [2.05, 4.69) is 39.0 Å². The predicted octanol–water partition coefficient (Wildman–Crippen LogP) is 2.62. The summed E-state index contributed by atoms with van der Waals surface area (Å²) in [4.78, 5) is 10.7. The van der Waals surface area contributed by atoms with Crippen molar-refractivity contribution in [3.8, 4) is 0 Å². The molecule has 2 N–H and O–H groups in total. The molecule has 110 valence electrons. The van der Waals surface area contributed by atoms with Crippen molar-refractivity contribution in [1.82, 2.24) is 14.9 Å². The topological polar surface area (TPSA) is 53.1 Å². The van der Waals surface area contributed by atoms with Crippen LogP contribution in [0.5, 0.6) is 0 Å². The number of hydrogen-bond acceptors (Lipinski definition) is 5. The van der Waals surface area contributed by atoms with Crippen molar-refractivity contribution in [2.24, 2.45) is 0 Å². The van der Waals surface area contributed by atoms with Crippen LogP contribution in [0.3, 0.4) is 0 Å². The van der Waals surface area contributed by atoms with Crippen LogP contribution in [0.25, 0.3) is 0 Å². The Bertz CT molecular complexity index is 469. The quantitative estimate of drug-likeness (QED) is 0.646. The average Bonchev–Trinajstić information content (AvgIpc) is 2.41. The smallest absolute Gasteiger partial charge is 0.157 e. The Kier molecular flexibility index (Phi) is 5.20. The third-order valence-electron chi connectivity index (χ3n) is 3.47. The molecule has 0 unspecified atom stereocenters. The van der Waals surface area contributed by atoms with Gasteiger partial charge in [0.2, 0.25) is 0 Å². The number of nitrogens with zero attached hydrogens (tertiary/aromatic N) is 3. The second kappa shape index (κ2) is 6.90. The van der Waals surface area contributed by atoms with E-state index >= 15 is 0 Å². The SMILES string of the molecule is C=C(C)CN1CCC(Nc2ncnc(Cl)c2NC)CC1. The van der Waals surface area contributed by atoms with Gasteiger partial charge < -0.3 is 10.6 Å². The summed E-state index contributed by atoms with van der Waals surface area (Å²) in [6.07, 6.45) is 3.68. The lowest BCUT2D eigenvalue weighted by atomic mass is 10.0. The van der Waals surface area contributed by atoms with Crippen LogP contribution in [-0.4, -0.2) is 47.6 Å². The standard InChI is InChI=1S/C14H22ClN5/c1-10(2)8-20-6-4-11(5-7-20)19-14-12(16-3)13(15)17-9-18-14/h9,11,16H,1,4-8H2,2-3H3,(H,17,18,19). The Morgan fingerprint density at radius 2 is 2.15 bits per heavy atom. The minimum absolute atomic E-state index is 0.425. The monoisotopic (exact) mass is 295 g/mol. The molecular formula is C14H22ClN5. The van der Waals surface area contributed by atoms with E-state index in [9.17, 15) is 0 Å². The van der Waals surface area contributed by atoms with Gasteiger partial charge in [0.1, 0.15) is 12.0 Å². The zero-order valence-corrected chi connectivity index (χ0v) is 12.9. The number of halogens is 1. The summed E-state index contributed by atoms with van der Waals surface area (Å²) >= 11 is 6.06. The minimum atomic E-state index is 0.425. The van der Waals surface area contributed by atoms with Gasteiger partial charge in [-0.1, -0.05) is 23.8 Å². The molecule has 0 amide bonds. The third-order valence-corrected chi connectivity index (χ3v) is 3.76. The van der Waals surface area contributed by atoms with Crippen molar-refractivity contribution in [1.29, 1.82) is 0 Å². The summed E-state index contributed by atoms with van der Waals surface area (Å²) in [7, 11) is 1.82. The molecule has 0 atom stereocenters. The zero-order chi connectivity index (χ0) is 14.5. The van der Waals surface area contributed by atoms with Gasteiger partial charge in [0, 0.05) is 32.7 Å². The van der Waals surface area contributed by atoms with Gasteiger partial charge in [0.15, 0.2) is 11.0 Å². The van der Waals surface area contributed by atoms with E-state index in [0.29, 0.717) is 11.2 Å². The fourth-order valence-electron chi connectivity index (χ4n) is 2.51. The van der Waals surface area contributed by atoms with Gasteiger partial charge in [0.05, 0.1) is 0 Å². The molecule has 1 aliphatic rings. The number of rotatable bonds is 5. The van der Waals surface area contributed by atoms with Crippen LogP contribution in [0, 0.1) is 0 Å². The highest BCUT2D eigenvalue weighted by molar-refractivity contribution is 6.32. The highest BCUT2D eigenvalue weighted by Gasteiger charge is 2.20. The first kappa shape index (κ1) is 15.1. The molecule has 2 rings (SSSR count). The molecule has 0 aliphatic carbocycles. The van der Waals surface area contributed by atoms with Gasteiger partial charge in [0.25, 0.3) is 0 Å². The lowest BCUT2D eigenvalue weighted by Gasteiger charge is -2.32. The molecular weight excluding hydrogens is 274 g/mol. The van der Waals surface area contributed by atoms with Crippen LogP contribution in [0.2, 0.25) is 5.15 Å². The van der Waals surface area contributed by atoms with Gasteiger partial charge in [-0.3, -0.25) is 4.90 Å². The van der Waals surface area contributed by atoms with Crippen LogP contribution in [-0.2, 0) is 0 Å². The summed E-state index contributed by atoms with van der Waals surface area (Å²) < 4.78 is 0. The first-order chi connectivity index (χ1) is 9.60. The van der Waals surface area contributed by atoms with Crippen molar-refractivity contribution in [2.75, 3.05) is 37.3 Å². The third kappa shape index (κ3) is 3.84. The molecule has 6 heteroatoms. The summed E-state index contributed by atoms with van der Waals surface area (Å²) in [6.45, 7) is 9.20.